The summed E-state index contributed by atoms with van der Waals surface area (Å²) in [6, 6.07) is 7.59. The third kappa shape index (κ3) is 3.93. The summed E-state index contributed by atoms with van der Waals surface area (Å²) in [6.45, 7) is 5.77. The van der Waals surface area contributed by atoms with Crippen molar-refractivity contribution in [3.05, 3.63) is 35.6 Å². The minimum absolute atomic E-state index is 0.0753. The van der Waals surface area contributed by atoms with Crippen LogP contribution in [0.5, 0.6) is 0 Å². The van der Waals surface area contributed by atoms with Gasteiger partial charge in [-0.05, 0) is 44.0 Å². The van der Waals surface area contributed by atoms with Crippen LogP contribution in [0.2, 0.25) is 0 Å². The highest BCUT2D eigenvalue weighted by Crippen LogP contribution is 2.21. The molecule has 1 aromatic carbocycles. The summed E-state index contributed by atoms with van der Waals surface area (Å²) in [5.74, 6) is 0.758. The number of carbonyl (C=O) groups is 2. The summed E-state index contributed by atoms with van der Waals surface area (Å²) in [6.07, 6.45) is 1.55. The number of likely N-dealkylation sites (tertiary alicyclic amines) is 1. The number of furan rings is 1. The van der Waals surface area contributed by atoms with Gasteiger partial charge in [0.05, 0.1) is 13.2 Å². The van der Waals surface area contributed by atoms with E-state index in [2.05, 4.69) is 5.32 Å². The van der Waals surface area contributed by atoms with Crippen molar-refractivity contribution in [2.45, 2.75) is 25.8 Å². The van der Waals surface area contributed by atoms with Crippen molar-refractivity contribution in [2.75, 3.05) is 39.4 Å². The molecule has 2 aliphatic heterocycles. The molecule has 1 aromatic heterocycles. The van der Waals surface area contributed by atoms with Crippen molar-refractivity contribution in [1.29, 1.82) is 0 Å². The molecule has 2 fully saturated rings. The molecule has 1 N–H and O–H groups in total. The molecular weight excluding hydrogens is 346 g/mol. The van der Waals surface area contributed by atoms with Gasteiger partial charge in [-0.3, -0.25) is 4.79 Å². The third-order valence-corrected chi connectivity index (χ3v) is 5.28. The maximum Gasteiger partial charge on any atom is 0.320 e. The lowest BCUT2D eigenvalue weighted by molar-refractivity contribution is 0.0407. The molecule has 0 saturated carbocycles. The Labute approximate surface area is 158 Å². The lowest BCUT2D eigenvalue weighted by Gasteiger charge is -2.37. The van der Waals surface area contributed by atoms with Gasteiger partial charge < -0.3 is 24.3 Å². The largest absolute Gasteiger partial charge is 0.461 e. The monoisotopic (exact) mass is 371 g/mol. The van der Waals surface area contributed by atoms with Crippen LogP contribution in [-0.2, 0) is 4.74 Å². The summed E-state index contributed by atoms with van der Waals surface area (Å²) < 4.78 is 10.9. The molecule has 7 nitrogen and oxygen atoms in total. The molecule has 0 atom stereocenters. The van der Waals surface area contributed by atoms with Gasteiger partial charge in [0.2, 0.25) is 0 Å². The minimum atomic E-state index is -0.0753. The number of hydrogen-bond acceptors (Lipinski definition) is 4. The van der Waals surface area contributed by atoms with Crippen molar-refractivity contribution in [1.82, 2.24) is 15.1 Å². The van der Waals surface area contributed by atoms with Crippen molar-refractivity contribution in [3.8, 4) is 0 Å². The Morgan fingerprint density at radius 2 is 1.74 bits per heavy atom. The number of rotatable bonds is 2. The van der Waals surface area contributed by atoms with Gasteiger partial charge in [0.1, 0.15) is 11.3 Å². The summed E-state index contributed by atoms with van der Waals surface area (Å²) in [4.78, 5) is 28.8. The third-order valence-electron chi connectivity index (χ3n) is 5.28. The topological polar surface area (TPSA) is 75.0 Å². The molecule has 0 radical (unpaired) electrons. The molecular formula is C20H25N3O4. The molecule has 3 amide bonds. The quantitative estimate of drug-likeness (QED) is 0.880. The van der Waals surface area contributed by atoms with Crippen molar-refractivity contribution in [2.24, 2.45) is 0 Å². The molecule has 4 rings (SSSR count). The lowest BCUT2D eigenvalue weighted by atomic mass is 10.0. The molecule has 2 saturated heterocycles. The van der Waals surface area contributed by atoms with Gasteiger partial charge in [0.25, 0.3) is 5.91 Å². The fourth-order valence-electron chi connectivity index (χ4n) is 3.76. The number of fused-ring (bicyclic) bond motifs is 1. The Balaban J connectivity index is 1.31. The first kappa shape index (κ1) is 17.9. The van der Waals surface area contributed by atoms with E-state index in [0.29, 0.717) is 45.0 Å². The van der Waals surface area contributed by atoms with Gasteiger partial charge in [-0.1, -0.05) is 0 Å². The number of benzene rings is 1. The fourth-order valence-corrected chi connectivity index (χ4v) is 3.76. The molecule has 0 bridgehead atoms. The van der Waals surface area contributed by atoms with Gasteiger partial charge in [0, 0.05) is 43.2 Å². The van der Waals surface area contributed by atoms with Crippen LogP contribution in [0.1, 0.15) is 29.0 Å². The van der Waals surface area contributed by atoms with Crippen LogP contribution < -0.4 is 5.32 Å². The Hall–Kier alpha value is -2.54. The van der Waals surface area contributed by atoms with E-state index in [-0.39, 0.29) is 18.0 Å². The molecule has 2 aromatic rings. The van der Waals surface area contributed by atoms with Gasteiger partial charge >= 0.3 is 6.03 Å². The van der Waals surface area contributed by atoms with Gasteiger partial charge in [-0.2, -0.15) is 0 Å². The Morgan fingerprint density at radius 3 is 2.48 bits per heavy atom. The lowest BCUT2D eigenvalue weighted by Crippen LogP contribution is -2.52. The average molecular weight is 371 g/mol. The maximum absolute atomic E-state index is 12.6. The van der Waals surface area contributed by atoms with E-state index in [4.69, 9.17) is 9.15 Å². The van der Waals surface area contributed by atoms with Crippen molar-refractivity contribution >= 4 is 22.9 Å². The summed E-state index contributed by atoms with van der Waals surface area (Å²) in [5, 5.41) is 4.04. The highest BCUT2D eigenvalue weighted by molar-refractivity contribution is 5.98. The number of carbonyl (C=O) groups excluding carboxylic acids is 2. The first-order valence-corrected chi connectivity index (χ1v) is 9.53. The highest BCUT2D eigenvalue weighted by atomic mass is 16.5. The Morgan fingerprint density at radius 1 is 1.04 bits per heavy atom. The highest BCUT2D eigenvalue weighted by Gasteiger charge is 2.28. The maximum atomic E-state index is 12.6. The fraction of sp³-hybridized carbons (Fsp3) is 0.500. The number of nitrogens with one attached hydrogen (secondary N) is 1. The zero-order valence-corrected chi connectivity index (χ0v) is 15.6. The number of hydrogen-bond donors (Lipinski definition) is 1. The van der Waals surface area contributed by atoms with Crippen molar-refractivity contribution < 1.29 is 18.7 Å². The summed E-state index contributed by atoms with van der Waals surface area (Å²) in [7, 11) is 0. The zero-order chi connectivity index (χ0) is 18.8. The number of morpholine rings is 1. The average Bonchev–Trinajstić information content (AvgIpc) is 3.08. The summed E-state index contributed by atoms with van der Waals surface area (Å²) >= 11 is 0. The van der Waals surface area contributed by atoms with Crippen LogP contribution in [0.25, 0.3) is 11.0 Å². The predicted octanol–water partition coefficient (Wildman–Crippen LogP) is 2.39. The van der Waals surface area contributed by atoms with Gasteiger partial charge in [0.15, 0.2) is 0 Å². The number of nitrogens with zero attached hydrogens (tertiary/aromatic N) is 2. The van der Waals surface area contributed by atoms with E-state index in [1.807, 2.05) is 34.9 Å². The second kappa shape index (κ2) is 7.60. The van der Waals surface area contributed by atoms with Crippen LogP contribution in [-0.4, -0.2) is 67.2 Å². The minimum Gasteiger partial charge on any atom is -0.461 e. The smallest absolute Gasteiger partial charge is 0.320 e. The zero-order valence-electron chi connectivity index (χ0n) is 15.6. The number of piperidine rings is 1. The van der Waals surface area contributed by atoms with Gasteiger partial charge in [-0.15, -0.1) is 0 Å². The molecule has 0 spiro atoms. The first-order chi connectivity index (χ1) is 13.1. The SMILES string of the molecule is Cc1cc2cc(C(=O)NC3CCN(C(=O)N4CCOCC4)CC3)ccc2o1. The Bertz CT molecular complexity index is 833. The number of urea groups is 1. The van der Waals surface area contributed by atoms with E-state index < -0.39 is 0 Å². The second-order valence-electron chi connectivity index (χ2n) is 7.23. The summed E-state index contributed by atoms with van der Waals surface area (Å²) in [5.41, 5.74) is 1.43. The van der Waals surface area contributed by atoms with Crippen LogP contribution in [0.3, 0.4) is 0 Å². The molecule has 2 aliphatic rings. The van der Waals surface area contributed by atoms with Gasteiger partial charge in [-0.25, -0.2) is 4.79 Å². The number of aryl methyl sites for hydroxylation is 1. The molecule has 27 heavy (non-hydrogen) atoms. The second-order valence-corrected chi connectivity index (χ2v) is 7.23. The van der Waals surface area contributed by atoms with Crippen LogP contribution in [0, 0.1) is 6.92 Å². The standard InChI is InChI=1S/C20H25N3O4/c1-14-12-16-13-15(2-3-18(16)27-14)19(24)21-17-4-6-22(7-5-17)20(25)23-8-10-26-11-9-23/h2-3,12-13,17H,4-11H2,1H3,(H,21,24). The Kier molecular flexibility index (Phi) is 5.03. The van der Waals surface area contributed by atoms with E-state index in [1.54, 1.807) is 6.07 Å². The van der Waals surface area contributed by atoms with E-state index in [1.165, 1.54) is 0 Å². The van der Waals surface area contributed by atoms with Crippen LogP contribution >= 0.6 is 0 Å². The van der Waals surface area contributed by atoms with Crippen LogP contribution in [0.15, 0.2) is 28.7 Å². The van der Waals surface area contributed by atoms with E-state index in [9.17, 15) is 9.59 Å². The number of amides is 3. The molecule has 3 heterocycles. The van der Waals surface area contributed by atoms with E-state index in [0.717, 1.165) is 29.6 Å². The van der Waals surface area contributed by atoms with Crippen LogP contribution in [0.4, 0.5) is 4.79 Å². The number of ether oxygens (including phenoxy) is 1. The molecule has 144 valence electrons. The molecule has 0 aliphatic carbocycles. The van der Waals surface area contributed by atoms with Crippen molar-refractivity contribution in [3.63, 3.8) is 0 Å². The predicted molar refractivity (Wildman–Crippen MR) is 101 cm³/mol. The molecule has 7 heteroatoms. The normalized spacial score (nSPS) is 18.7. The van der Waals surface area contributed by atoms with E-state index >= 15 is 0 Å². The molecule has 0 unspecified atom stereocenters. The first-order valence-electron chi connectivity index (χ1n) is 9.53.